The largest absolute Gasteiger partial charge is 0.457 e. The average Bonchev–Trinajstić information content (AvgIpc) is 2.53. The van der Waals surface area contributed by atoms with Gasteiger partial charge in [0.2, 0.25) is 0 Å². The van der Waals surface area contributed by atoms with Crippen LogP contribution in [-0.2, 0) is 11.3 Å². The van der Waals surface area contributed by atoms with Gasteiger partial charge in [-0.25, -0.2) is 4.79 Å². The molecule has 0 bridgehead atoms. The average molecular weight is 358 g/mol. The topological polar surface area (TPSA) is 59.2 Å². The van der Waals surface area contributed by atoms with E-state index in [9.17, 15) is 9.59 Å². The minimum absolute atomic E-state index is 0.0605. The van der Waals surface area contributed by atoms with Crippen molar-refractivity contribution in [3.8, 4) is 0 Å². The van der Waals surface area contributed by atoms with Crippen molar-refractivity contribution in [2.75, 3.05) is 0 Å². The number of hydrogen-bond donors (Lipinski definition) is 1. The van der Waals surface area contributed by atoms with E-state index in [1.165, 1.54) is 0 Å². The molecule has 3 rings (SSSR count). The molecular formula is C17H12BrNO3. The fourth-order valence-electron chi connectivity index (χ4n) is 2.11. The number of aromatic nitrogens is 1. The van der Waals surface area contributed by atoms with Crippen LogP contribution in [0.5, 0.6) is 0 Å². The van der Waals surface area contributed by atoms with Crippen molar-refractivity contribution in [1.29, 1.82) is 0 Å². The zero-order chi connectivity index (χ0) is 15.5. The van der Waals surface area contributed by atoms with Crippen molar-refractivity contribution in [2.45, 2.75) is 6.61 Å². The maximum atomic E-state index is 12.0. The number of H-pyrrole nitrogens is 1. The molecule has 4 nitrogen and oxygen atoms in total. The van der Waals surface area contributed by atoms with Crippen molar-refractivity contribution in [3.05, 3.63) is 80.6 Å². The molecule has 1 aromatic heterocycles. The van der Waals surface area contributed by atoms with Crippen LogP contribution in [0, 0.1) is 0 Å². The van der Waals surface area contributed by atoms with Crippen LogP contribution in [0.25, 0.3) is 10.9 Å². The number of fused-ring (bicyclic) bond motifs is 1. The van der Waals surface area contributed by atoms with Gasteiger partial charge < -0.3 is 9.72 Å². The van der Waals surface area contributed by atoms with Gasteiger partial charge in [-0.15, -0.1) is 0 Å². The van der Waals surface area contributed by atoms with Crippen LogP contribution in [-0.4, -0.2) is 11.0 Å². The van der Waals surface area contributed by atoms with Crippen molar-refractivity contribution in [2.24, 2.45) is 0 Å². The summed E-state index contributed by atoms with van der Waals surface area (Å²) in [5, 5.41) is 0.900. The Balaban J connectivity index is 1.78. The third-order valence-corrected chi connectivity index (χ3v) is 3.80. The highest BCUT2D eigenvalue weighted by Gasteiger charge is 2.09. The van der Waals surface area contributed by atoms with Crippen LogP contribution in [0.15, 0.2) is 63.9 Å². The Labute approximate surface area is 134 Å². The molecule has 3 aromatic rings. The smallest absolute Gasteiger partial charge is 0.338 e. The molecule has 0 fully saturated rings. The number of hydrogen-bond acceptors (Lipinski definition) is 3. The first-order chi connectivity index (χ1) is 10.6. The maximum Gasteiger partial charge on any atom is 0.338 e. The van der Waals surface area contributed by atoms with E-state index in [2.05, 4.69) is 20.9 Å². The van der Waals surface area contributed by atoms with E-state index < -0.39 is 5.97 Å². The van der Waals surface area contributed by atoms with E-state index in [0.717, 1.165) is 15.4 Å². The van der Waals surface area contributed by atoms with Gasteiger partial charge in [-0.1, -0.05) is 34.1 Å². The second-order valence-corrected chi connectivity index (χ2v) is 5.71. The zero-order valence-corrected chi connectivity index (χ0v) is 13.1. The fourth-order valence-corrected chi connectivity index (χ4v) is 2.38. The quantitative estimate of drug-likeness (QED) is 0.727. The third kappa shape index (κ3) is 3.09. The molecule has 22 heavy (non-hydrogen) atoms. The van der Waals surface area contributed by atoms with Crippen molar-refractivity contribution < 1.29 is 9.53 Å². The minimum Gasteiger partial charge on any atom is -0.457 e. The van der Waals surface area contributed by atoms with Crippen LogP contribution >= 0.6 is 15.9 Å². The number of carbonyl (C=O) groups excluding carboxylic acids is 1. The van der Waals surface area contributed by atoms with Gasteiger partial charge in [0.05, 0.1) is 11.1 Å². The van der Waals surface area contributed by atoms with Crippen LogP contribution < -0.4 is 5.56 Å². The number of benzene rings is 2. The molecule has 0 radical (unpaired) electrons. The van der Waals surface area contributed by atoms with E-state index >= 15 is 0 Å². The van der Waals surface area contributed by atoms with Crippen molar-refractivity contribution >= 4 is 32.8 Å². The lowest BCUT2D eigenvalue weighted by Gasteiger charge is -2.06. The lowest BCUT2D eigenvalue weighted by molar-refractivity contribution is 0.0471. The minimum atomic E-state index is -0.458. The summed E-state index contributed by atoms with van der Waals surface area (Å²) in [7, 11) is 0. The van der Waals surface area contributed by atoms with Crippen LogP contribution in [0.1, 0.15) is 15.9 Å². The predicted molar refractivity (Wildman–Crippen MR) is 87.8 cm³/mol. The Kier molecular flexibility index (Phi) is 4.06. The first-order valence-electron chi connectivity index (χ1n) is 6.67. The molecule has 0 atom stereocenters. The van der Waals surface area contributed by atoms with E-state index in [1.54, 1.807) is 30.3 Å². The van der Waals surface area contributed by atoms with Gasteiger partial charge in [0.1, 0.15) is 6.61 Å². The van der Waals surface area contributed by atoms with E-state index in [4.69, 9.17) is 4.74 Å². The molecule has 0 saturated carbocycles. The molecule has 0 saturated heterocycles. The number of para-hydroxylation sites is 1. The summed E-state index contributed by atoms with van der Waals surface area (Å²) in [6, 6.07) is 16.1. The van der Waals surface area contributed by atoms with Gasteiger partial charge in [-0.3, -0.25) is 4.79 Å². The Hall–Kier alpha value is -2.40. The molecule has 110 valence electrons. The molecular weight excluding hydrogens is 346 g/mol. The Morgan fingerprint density at radius 1 is 1.09 bits per heavy atom. The van der Waals surface area contributed by atoms with E-state index in [0.29, 0.717) is 11.1 Å². The van der Waals surface area contributed by atoms with Gasteiger partial charge in [0, 0.05) is 9.99 Å². The normalized spacial score (nSPS) is 10.6. The second-order valence-electron chi connectivity index (χ2n) is 4.79. The number of rotatable bonds is 3. The Bertz CT molecular complexity index is 884. The maximum absolute atomic E-state index is 12.0. The first kappa shape index (κ1) is 14.5. The number of nitrogens with one attached hydrogen (secondary N) is 1. The molecule has 0 spiro atoms. The van der Waals surface area contributed by atoms with Gasteiger partial charge in [0.25, 0.3) is 5.56 Å². The highest BCUT2D eigenvalue weighted by Crippen LogP contribution is 2.13. The number of ether oxygens (including phenoxy) is 1. The molecule has 0 aliphatic carbocycles. The lowest BCUT2D eigenvalue weighted by atomic mass is 10.1. The fraction of sp³-hybridized carbons (Fsp3) is 0.0588. The predicted octanol–water partition coefficient (Wildman–Crippen LogP) is 3.65. The Morgan fingerprint density at radius 3 is 2.59 bits per heavy atom. The monoisotopic (exact) mass is 357 g/mol. The molecule has 5 heteroatoms. The lowest BCUT2D eigenvalue weighted by Crippen LogP contribution is -2.15. The summed E-state index contributed by atoms with van der Waals surface area (Å²) in [6.07, 6.45) is 0. The molecule has 1 N–H and O–H groups in total. The highest BCUT2D eigenvalue weighted by atomic mass is 79.9. The van der Waals surface area contributed by atoms with Gasteiger partial charge >= 0.3 is 5.97 Å². The SMILES string of the molecule is O=C(OCc1cc2ccccc2[nH]c1=O)c1ccc(Br)cc1. The molecule has 0 aliphatic rings. The summed E-state index contributed by atoms with van der Waals surface area (Å²) in [5.74, 6) is -0.458. The van der Waals surface area contributed by atoms with E-state index in [-0.39, 0.29) is 12.2 Å². The highest BCUT2D eigenvalue weighted by molar-refractivity contribution is 9.10. The van der Waals surface area contributed by atoms with Gasteiger partial charge in [-0.2, -0.15) is 0 Å². The van der Waals surface area contributed by atoms with Crippen molar-refractivity contribution in [1.82, 2.24) is 4.98 Å². The van der Waals surface area contributed by atoms with Crippen LogP contribution in [0.2, 0.25) is 0 Å². The Morgan fingerprint density at radius 2 is 1.82 bits per heavy atom. The van der Waals surface area contributed by atoms with E-state index in [1.807, 2.05) is 24.3 Å². The summed E-state index contributed by atoms with van der Waals surface area (Å²) in [6.45, 7) is -0.0605. The number of halogens is 1. The van der Waals surface area contributed by atoms with Gasteiger partial charge in [-0.05, 0) is 41.8 Å². The molecule has 0 unspecified atom stereocenters. The summed E-state index contributed by atoms with van der Waals surface area (Å²) >= 11 is 3.31. The molecule has 1 heterocycles. The number of aromatic amines is 1. The number of esters is 1. The summed E-state index contributed by atoms with van der Waals surface area (Å²) in [4.78, 5) is 26.7. The van der Waals surface area contributed by atoms with Crippen molar-refractivity contribution in [3.63, 3.8) is 0 Å². The first-order valence-corrected chi connectivity index (χ1v) is 7.46. The number of pyridine rings is 1. The molecule has 0 amide bonds. The van der Waals surface area contributed by atoms with Crippen LogP contribution in [0.3, 0.4) is 0 Å². The third-order valence-electron chi connectivity index (χ3n) is 3.27. The zero-order valence-electron chi connectivity index (χ0n) is 11.5. The molecule has 0 aliphatic heterocycles. The standard InChI is InChI=1S/C17H12BrNO3/c18-14-7-5-11(6-8-14)17(21)22-10-13-9-12-3-1-2-4-15(12)19-16(13)20/h1-9H,10H2,(H,19,20). The second kappa shape index (κ2) is 6.15. The summed E-state index contributed by atoms with van der Waals surface area (Å²) < 4.78 is 6.09. The van der Waals surface area contributed by atoms with Crippen LogP contribution in [0.4, 0.5) is 0 Å². The molecule has 2 aromatic carbocycles. The number of carbonyl (C=O) groups is 1. The summed E-state index contributed by atoms with van der Waals surface area (Å²) in [5.41, 5.74) is 1.38. The van der Waals surface area contributed by atoms with Gasteiger partial charge in [0.15, 0.2) is 0 Å².